The molecule has 90 valence electrons. The summed E-state index contributed by atoms with van der Waals surface area (Å²) in [4.78, 5) is 15.4. The number of hydrogen-bond acceptors (Lipinski definition) is 2. The van der Waals surface area contributed by atoms with E-state index in [4.69, 9.17) is 0 Å². The zero-order valence-electron chi connectivity index (χ0n) is 10.9. The first kappa shape index (κ1) is 14.6. The molecule has 16 heavy (non-hydrogen) atoms. The van der Waals surface area contributed by atoms with Crippen molar-refractivity contribution < 1.29 is 4.79 Å². The zero-order chi connectivity index (χ0) is 12.6. The van der Waals surface area contributed by atoms with E-state index in [-0.39, 0.29) is 5.91 Å². The molecule has 3 nitrogen and oxygen atoms in total. The average molecular weight is 222 g/mol. The Hall–Kier alpha value is -1.38. The maximum atomic E-state index is 11.4. The summed E-state index contributed by atoms with van der Waals surface area (Å²) in [5, 5.41) is 2.76. The molecule has 1 heterocycles. The van der Waals surface area contributed by atoms with Crippen LogP contribution in [-0.2, 0) is 4.79 Å². The minimum atomic E-state index is 0.0260. The Balaban J connectivity index is 0.00000106. The molecule has 3 heteroatoms. The fraction of sp³-hybridized carbons (Fsp3) is 0.538. The molecule has 1 aromatic heterocycles. The van der Waals surface area contributed by atoms with E-state index in [1.165, 1.54) is 0 Å². The highest BCUT2D eigenvalue weighted by Crippen LogP contribution is 2.07. The Labute approximate surface area is 98.3 Å². The molecular weight excluding hydrogens is 200 g/mol. The van der Waals surface area contributed by atoms with Gasteiger partial charge in [-0.05, 0) is 30.5 Å². The molecule has 1 amide bonds. The maximum Gasteiger partial charge on any atom is 0.225 e. The second-order valence-corrected chi connectivity index (χ2v) is 3.86. The maximum absolute atomic E-state index is 11.4. The third-order valence-electron chi connectivity index (χ3n) is 1.78. The van der Waals surface area contributed by atoms with Crippen LogP contribution in [0.25, 0.3) is 0 Å². The molecule has 0 fully saturated rings. The van der Waals surface area contributed by atoms with Crippen molar-refractivity contribution in [1.82, 2.24) is 4.98 Å². The fourth-order valence-electron chi connectivity index (χ4n) is 1.17. The lowest BCUT2D eigenvalue weighted by Crippen LogP contribution is -2.14. The second-order valence-electron chi connectivity index (χ2n) is 3.86. The Bertz CT molecular complexity index is 321. The molecule has 1 rings (SSSR count). The van der Waals surface area contributed by atoms with Crippen molar-refractivity contribution in [1.29, 1.82) is 0 Å². The van der Waals surface area contributed by atoms with Crippen LogP contribution in [0.4, 0.5) is 5.82 Å². The van der Waals surface area contributed by atoms with Crippen molar-refractivity contribution in [2.75, 3.05) is 5.32 Å². The third kappa shape index (κ3) is 6.17. The summed E-state index contributed by atoms with van der Waals surface area (Å²) in [5.41, 5.74) is 1.10. The van der Waals surface area contributed by atoms with Gasteiger partial charge in [0.1, 0.15) is 5.82 Å². The Morgan fingerprint density at radius 3 is 2.56 bits per heavy atom. The number of nitrogens with zero attached hydrogens (tertiary/aromatic N) is 1. The molecule has 0 spiro atoms. The van der Waals surface area contributed by atoms with Crippen LogP contribution in [-0.4, -0.2) is 10.9 Å². The molecule has 0 aromatic carbocycles. The number of rotatable bonds is 3. The molecule has 0 aliphatic carbocycles. The van der Waals surface area contributed by atoms with E-state index in [2.05, 4.69) is 10.3 Å². The lowest BCUT2D eigenvalue weighted by molar-refractivity contribution is -0.116. The zero-order valence-corrected chi connectivity index (χ0v) is 10.9. The minimum absolute atomic E-state index is 0.0260. The van der Waals surface area contributed by atoms with Crippen molar-refractivity contribution in [2.45, 2.75) is 41.0 Å². The van der Waals surface area contributed by atoms with Crippen LogP contribution < -0.4 is 5.32 Å². The lowest BCUT2D eigenvalue weighted by atomic mass is 10.1. The van der Waals surface area contributed by atoms with Gasteiger partial charge in [0.05, 0.1) is 0 Å². The van der Waals surface area contributed by atoms with Crippen LogP contribution in [0.2, 0.25) is 0 Å². The molecule has 1 N–H and O–H groups in total. The Morgan fingerprint density at radius 2 is 2.06 bits per heavy atom. The molecule has 0 atom stereocenters. The largest absolute Gasteiger partial charge is 0.311 e. The molecule has 0 unspecified atom stereocenters. The van der Waals surface area contributed by atoms with Crippen LogP contribution in [0.5, 0.6) is 0 Å². The number of carbonyl (C=O) groups excluding carboxylic acids is 1. The highest BCUT2D eigenvalue weighted by Gasteiger charge is 2.05. The van der Waals surface area contributed by atoms with Gasteiger partial charge in [0, 0.05) is 12.6 Å². The average Bonchev–Trinajstić information content (AvgIpc) is 2.19. The van der Waals surface area contributed by atoms with Gasteiger partial charge < -0.3 is 5.32 Å². The SMILES string of the molecule is CC.Cc1ccnc(NC(=O)CC(C)C)c1. The first-order valence-corrected chi connectivity index (χ1v) is 5.80. The summed E-state index contributed by atoms with van der Waals surface area (Å²) in [6.45, 7) is 10.0. The number of amides is 1. The summed E-state index contributed by atoms with van der Waals surface area (Å²) in [6, 6.07) is 3.76. The van der Waals surface area contributed by atoms with E-state index in [1.54, 1.807) is 6.20 Å². The molecule has 0 saturated heterocycles. The van der Waals surface area contributed by atoms with Gasteiger partial charge in [-0.1, -0.05) is 27.7 Å². The van der Waals surface area contributed by atoms with Gasteiger partial charge in [-0.25, -0.2) is 4.98 Å². The smallest absolute Gasteiger partial charge is 0.225 e. The van der Waals surface area contributed by atoms with Crippen molar-refractivity contribution in [3.05, 3.63) is 23.9 Å². The quantitative estimate of drug-likeness (QED) is 0.851. The molecule has 1 aromatic rings. The summed E-state index contributed by atoms with van der Waals surface area (Å²) in [6.07, 6.45) is 2.23. The monoisotopic (exact) mass is 222 g/mol. The predicted octanol–water partition coefficient (Wildman–Crippen LogP) is 3.40. The molecule has 0 saturated carbocycles. The first-order valence-electron chi connectivity index (χ1n) is 5.80. The highest BCUT2D eigenvalue weighted by molar-refractivity contribution is 5.89. The number of nitrogens with one attached hydrogen (secondary N) is 1. The topological polar surface area (TPSA) is 42.0 Å². The standard InChI is InChI=1S/C11H16N2O.C2H6/c1-8(2)6-11(14)13-10-7-9(3)4-5-12-10;1-2/h4-5,7-8H,6H2,1-3H3,(H,12,13,14);1-2H3. The number of carbonyl (C=O) groups is 1. The fourth-order valence-corrected chi connectivity index (χ4v) is 1.17. The van der Waals surface area contributed by atoms with Gasteiger partial charge in [-0.15, -0.1) is 0 Å². The van der Waals surface area contributed by atoms with Crippen LogP contribution in [0.1, 0.15) is 39.7 Å². The van der Waals surface area contributed by atoms with E-state index in [0.29, 0.717) is 18.2 Å². The Morgan fingerprint density at radius 1 is 1.44 bits per heavy atom. The number of aryl methyl sites for hydroxylation is 1. The van der Waals surface area contributed by atoms with E-state index >= 15 is 0 Å². The highest BCUT2D eigenvalue weighted by atomic mass is 16.1. The Kier molecular flexibility index (Phi) is 7.18. The third-order valence-corrected chi connectivity index (χ3v) is 1.78. The van der Waals surface area contributed by atoms with Crippen LogP contribution in [0, 0.1) is 12.8 Å². The van der Waals surface area contributed by atoms with Gasteiger partial charge in [0.2, 0.25) is 5.91 Å². The first-order chi connectivity index (χ1) is 7.58. The van der Waals surface area contributed by atoms with Crippen LogP contribution in [0.3, 0.4) is 0 Å². The van der Waals surface area contributed by atoms with Crippen LogP contribution in [0.15, 0.2) is 18.3 Å². The number of pyridine rings is 1. The van der Waals surface area contributed by atoms with E-state index in [0.717, 1.165) is 5.56 Å². The van der Waals surface area contributed by atoms with Crippen molar-refractivity contribution in [2.24, 2.45) is 5.92 Å². The second kappa shape index (κ2) is 7.85. The summed E-state index contributed by atoms with van der Waals surface area (Å²) in [7, 11) is 0. The number of hydrogen-bond donors (Lipinski definition) is 1. The predicted molar refractivity (Wildman–Crippen MR) is 68.4 cm³/mol. The van der Waals surface area contributed by atoms with E-state index in [9.17, 15) is 4.79 Å². The van der Waals surface area contributed by atoms with E-state index < -0.39 is 0 Å². The molecule has 0 radical (unpaired) electrons. The number of aromatic nitrogens is 1. The molecule has 0 aliphatic heterocycles. The summed E-state index contributed by atoms with van der Waals surface area (Å²) < 4.78 is 0. The van der Waals surface area contributed by atoms with Crippen molar-refractivity contribution in [3.63, 3.8) is 0 Å². The lowest BCUT2D eigenvalue weighted by Gasteiger charge is -2.06. The van der Waals surface area contributed by atoms with Crippen LogP contribution >= 0.6 is 0 Å². The molecule has 0 aliphatic rings. The molecule has 0 bridgehead atoms. The van der Waals surface area contributed by atoms with Gasteiger partial charge >= 0.3 is 0 Å². The van der Waals surface area contributed by atoms with Gasteiger partial charge in [-0.3, -0.25) is 4.79 Å². The van der Waals surface area contributed by atoms with E-state index in [1.807, 2.05) is 46.8 Å². The van der Waals surface area contributed by atoms with Crippen molar-refractivity contribution >= 4 is 11.7 Å². The molecular formula is C13H22N2O. The summed E-state index contributed by atoms with van der Waals surface area (Å²) in [5.74, 6) is 1.04. The number of anilines is 1. The minimum Gasteiger partial charge on any atom is -0.311 e. The van der Waals surface area contributed by atoms with Gasteiger partial charge in [-0.2, -0.15) is 0 Å². The normalized spacial score (nSPS) is 9.38. The summed E-state index contributed by atoms with van der Waals surface area (Å²) >= 11 is 0. The van der Waals surface area contributed by atoms with Crippen molar-refractivity contribution in [3.8, 4) is 0 Å². The van der Waals surface area contributed by atoms with Gasteiger partial charge in [0.25, 0.3) is 0 Å². The van der Waals surface area contributed by atoms with Gasteiger partial charge in [0.15, 0.2) is 0 Å².